The molecule has 1 aliphatic carbocycles. The minimum Gasteiger partial charge on any atom is -0.456 e. The molecule has 2 aromatic heterocycles. The first-order valence-electron chi connectivity index (χ1n) is 10.2. The maximum Gasteiger partial charge on any atom is 0.338 e. The SMILES string of the molecule is O=C(Nc1ccc(C(=O)OCc2cc(=O)n3nc(C4CC4)sc3n2)cc1)c1ccc(F)cc1. The van der Waals surface area contributed by atoms with Crippen molar-refractivity contribution in [3.8, 4) is 0 Å². The summed E-state index contributed by atoms with van der Waals surface area (Å²) < 4.78 is 19.6. The Morgan fingerprint density at radius 3 is 2.48 bits per heavy atom. The lowest BCUT2D eigenvalue weighted by molar-refractivity contribution is 0.0467. The first-order valence-corrected chi connectivity index (χ1v) is 11.0. The van der Waals surface area contributed by atoms with Crippen molar-refractivity contribution in [3.63, 3.8) is 0 Å². The second kappa shape index (κ2) is 8.55. The van der Waals surface area contributed by atoms with Crippen molar-refractivity contribution >= 4 is 33.9 Å². The highest BCUT2D eigenvalue weighted by Gasteiger charge is 2.28. The van der Waals surface area contributed by atoms with Crippen LogP contribution in [0, 0.1) is 5.82 Å². The molecule has 5 rings (SSSR count). The van der Waals surface area contributed by atoms with Crippen molar-refractivity contribution in [2.75, 3.05) is 5.32 Å². The number of amides is 1. The quantitative estimate of drug-likeness (QED) is 0.436. The van der Waals surface area contributed by atoms with Crippen LogP contribution in [0.5, 0.6) is 0 Å². The first kappa shape index (κ1) is 21.0. The molecule has 0 saturated heterocycles. The predicted octanol–water partition coefficient (Wildman–Crippen LogP) is 3.78. The molecule has 1 N–H and O–H groups in total. The number of carbonyl (C=O) groups excluding carboxylic acids is 2. The number of nitrogens with zero attached hydrogens (tertiary/aromatic N) is 3. The van der Waals surface area contributed by atoms with E-state index in [2.05, 4.69) is 15.4 Å². The number of ether oxygens (including phenoxy) is 1. The van der Waals surface area contributed by atoms with Gasteiger partial charge in [0.1, 0.15) is 17.4 Å². The molecular formula is C23H17FN4O4S. The van der Waals surface area contributed by atoms with Crippen LogP contribution in [-0.4, -0.2) is 26.5 Å². The summed E-state index contributed by atoms with van der Waals surface area (Å²) in [6, 6.07) is 12.6. The van der Waals surface area contributed by atoms with E-state index in [9.17, 15) is 18.8 Å². The molecule has 4 aromatic rings. The van der Waals surface area contributed by atoms with Gasteiger partial charge in [-0.25, -0.2) is 14.2 Å². The number of halogens is 1. The van der Waals surface area contributed by atoms with Crippen molar-refractivity contribution < 1.29 is 18.7 Å². The van der Waals surface area contributed by atoms with Gasteiger partial charge in [-0.3, -0.25) is 9.59 Å². The van der Waals surface area contributed by atoms with Gasteiger partial charge < -0.3 is 10.1 Å². The molecule has 0 aliphatic heterocycles. The highest BCUT2D eigenvalue weighted by atomic mass is 32.1. The van der Waals surface area contributed by atoms with Crippen molar-refractivity contribution in [1.29, 1.82) is 0 Å². The standard InChI is InChI=1S/C23H17FN4O4S/c24-16-7-3-13(4-8-16)20(30)25-17-9-5-15(6-10-17)22(31)32-12-18-11-19(29)28-23(26-18)33-21(27-28)14-1-2-14/h3-11,14H,1-2,12H2,(H,25,30). The lowest BCUT2D eigenvalue weighted by Crippen LogP contribution is -2.16. The fourth-order valence-electron chi connectivity index (χ4n) is 3.16. The number of carbonyl (C=O) groups is 2. The number of hydrogen-bond donors (Lipinski definition) is 1. The van der Waals surface area contributed by atoms with E-state index < -0.39 is 17.7 Å². The van der Waals surface area contributed by atoms with Crippen LogP contribution in [0.15, 0.2) is 59.4 Å². The zero-order chi connectivity index (χ0) is 22.9. The van der Waals surface area contributed by atoms with Gasteiger partial charge >= 0.3 is 5.97 Å². The first-order chi connectivity index (χ1) is 16.0. The van der Waals surface area contributed by atoms with E-state index in [1.165, 1.54) is 58.3 Å². The molecule has 1 saturated carbocycles. The number of aromatic nitrogens is 3. The van der Waals surface area contributed by atoms with Crippen LogP contribution in [0.3, 0.4) is 0 Å². The highest BCUT2D eigenvalue weighted by molar-refractivity contribution is 7.16. The molecule has 1 amide bonds. The maximum atomic E-state index is 13.0. The molecule has 2 heterocycles. The predicted molar refractivity (Wildman–Crippen MR) is 119 cm³/mol. The van der Waals surface area contributed by atoms with E-state index in [0.717, 1.165) is 17.8 Å². The van der Waals surface area contributed by atoms with Crippen molar-refractivity contribution in [2.45, 2.75) is 25.4 Å². The molecule has 8 nitrogen and oxygen atoms in total. The van der Waals surface area contributed by atoms with Crippen LogP contribution in [0.4, 0.5) is 10.1 Å². The molecule has 33 heavy (non-hydrogen) atoms. The third-order valence-electron chi connectivity index (χ3n) is 5.08. The van der Waals surface area contributed by atoms with E-state index >= 15 is 0 Å². The summed E-state index contributed by atoms with van der Waals surface area (Å²) in [6.45, 7) is -0.149. The Hall–Kier alpha value is -3.92. The van der Waals surface area contributed by atoms with Crippen LogP contribution < -0.4 is 10.9 Å². The number of esters is 1. The van der Waals surface area contributed by atoms with Gasteiger partial charge in [0.05, 0.1) is 11.3 Å². The molecule has 0 atom stereocenters. The second-order valence-corrected chi connectivity index (χ2v) is 8.60. The van der Waals surface area contributed by atoms with Crippen LogP contribution in [0.25, 0.3) is 4.96 Å². The Bertz CT molecular complexity index is 1410. The van der Waals surface area contributed by atoms with Gasteiger partial charge in [-0.1, -0.05) is 11.3 Å². The van der Waals surface area contributed by atoms with Crippen LogP contribution in [0.1, 0.15) is 50.2 Å². The average Bonchev–Trinajstić information content (AvgIpc) is 3.57. The molecule has 1 aliphatic rings. The third-order valence-corrected chi connectivity index (χ3v) is 6.15. The van der Waals surface area contributed by atoms with E-state index in [0.29, 0.717) is 27.8 Å². The number of nitrogens with one attached hydrogen (secondary N) is 1. The Kier molecular flexibility index (Phi) is 5.43. The number of anilines is 1. The molecule has 0 bridgehead atoms. The molecule has 10 heteroatoms. The van der Waals surface area contributed by atoms with Gasteiger partial charge in [0.25, 0.3) is 11.5 Å². The van der Waals surface area contributed by atoms with Gasteiger partial charge in [-0.15, -0.1) is 0 Å². The van der Waals surface area contributed by atoms with E-state index in [-0.39, 0.29) is 17.7 Å². The topological polar surface area (TPSA) is 103 Å². The second-order valence-electron chi connectivity index (χ2n) is 7.61. The minimum absolute atomic E-state index is 0.149. The Morgan fingerprint density at radius 1 is 1.09 bits per heavy atom. The zero-order valence-electron chi connectivity index (χ0n) is 17.2. The maximum absolute atomic E-state index is 13.0. The molecule has 0 radical (unpaired) electrons. The van der Waals surface area contributed by atoms with Crippen LogP contribution in [0.2, 0.25) is 0 Å². The molecule has 166 valence electrons. The summed E-state index contributed by atoms with van der Waals surface area (Å²) in [6.07, 6.45) is 2.15. The largest absolute Gasteiger partial charge is 0.456 e. The zero-order valence-corrected chi connectivity index (χ0v) is 18.0. The Morgan fingerprint density at radius 2 is 1.79 bits per heavy atom. The number of benzene rings is 2. The third kappa shape index (κ3) is 4.65. The summed E-state index contributed by atoms with van der Waals surface area (Å²) in [4.78, 5) is 41.7. The Balaban J connectivity index is 1.21. The highest BCUT2D eigenvalue weighted by Crippen LogP contribution is 2.41. The van der Waals surface area contributed by atoms with E-state index in [1.54, 1.807) is 12.1 Å². The molecular weight excluding hydrogens is 447 g/mol. The molecule has 0 unspecified atom stereocenters. The smallest absolute Gasteiger partial charge is 0.338 e. The fourth-order valence-corrected chi connectivity index (χ4v) is 4.25. The summed E-state index contributed by atoms with van der Waals surface area (Å²) in [7, 11) is 0. The van der Waals surface area contributed by atoms with Gasteiger partial charge in [0, 0.05) is 23.2 Å². The molecule has 1 fully saturated rings. The average molecular weight is 464 g/mol. The molecule has 2 aromatic carbocycles. The summed E-state index contributed by atoms with van der Waals surface area (Å²) in [5, 5.41) is 7.89. The monoisotopic (exact) mass is 464 g/mol. The minimum atomic E-state index is -0.587. The van der Waals surface area contributed by atoms with Crippen molar-refractivity contribution in [2.24, 2.45) is 0 Å². The molecule has 0 spiro atoms. The number of fused-ring (bicyclic) bond motifs is 1. The summed E-state index contributed by atoms with van der Waals surface area (Å²) in [5.74, 6) is -0.993. The van der Waals surface area contributed by atoms with Gasteiger partial charge in [0.2, 0.25) is 4.96 Å². The van der Waals surface area contributed by atoms with Crippen LogP contribution >= 0.6 is 11.3 Å². The van der Waals surface area contributed by atoms with Crippen LogP contribution in [-0.2, 0) is 11.3 Å². The number of hydrogen-bond acceptors (Lipinski definition) is 7. The fraction of sp³-hybridized carbons (Fsp3) is 0.174. The Labute approximate surface area is 190 Å². The van der Waals surface area contributed by atoms with Gasteiger partial charge in [0.15, 0.2) is 0 Å². The summed E-state index contributed by atoms with van der Waals surface area (Å²) >= 11 is 1.38. The van der Waals surface area contributed by atoms with Crippen molar-refractivity contribution in [1.82, 2.24) is 14.6 Å². The van der Waals surface area contributed by atoms with E-state index in [4.69, 9.17) is 4.74 Å². The number of rotatable bonds is 6. The van der Waals surface area contributed by atoms with Gasteiger partial charge in [-0.2, -0.15) is 9.61 Å². The van der Waals surface area contributed by atoms with Gasteiger partial charge in [-0.05, 0) is 61.4 Å². The normalized spacial score (nSPS) is 13.1. The lowest BCUT2D eigenvalue weighted by Gasteiger charge is -2.07. The van der Waals surface area contributed by atoms with E-state index in [1.807, 2.05) is 0 Å². The lowest BCUT2D eigenvalue weighted by atomic mass is 10.2. The van der Waals surface area contributed by atoms with Crippen molar-refractivity contribution in [3.05, 3.63) is 92.6 Å². The summed E-state index contributed by atoms with van der Waals surface area (Å²) in [5.41, 5.74) is 1.10.